The minimum Gasteiger partial charge on any atom is -0.465 e. The molecule has 1 aliphatic heterocycles. The Labute approximate surface area is 124 Å². The van der Waals surface area contributed by atoms with E-state index in [1.165, 1.54) is 37.3 Å². The Morgan fingerprint density at radius 3 is 2.65 bits per heavy atom. The molecule has 0 radical (unpaired) electrons. The number of thioether (sulfide) groups is 1. The molecule has 1 N–H and O–H groups in total. The van der Waals surface area contributed by atoms with Crippen molar-refractivity contribution in [3.05, 3.63) is 35.4 Å². The zero-order valence-electron chi connectivity index (χ0n) is 11.9. The van der Waals surface area contributed by atoms with Crippen molar-refractivity contribution in [3.63, 3.8) is 0 Å². The topological polar surface area (TPSA) is 41.6 Å². The fraction of sp³-hybridized carbons (Fsp3) is 0.533. The number of nitrogens with zero attached hydrogens (tertiary/aromatic N) is 1. The molecule has 0 amide bonds. The molecule has 1 fully saturated rings. The van der Waals surface area contributed by atoms with Gasteiger partial charge in [0.2, 0.25) is 0 Å². The highest BCUT2D eigenvalue weighted by molar-refractivity contribution is 7.99. The first kappa shape index (κ1) is 15.4. The van der Waals surface area contributed by atoms with Crippen LogP contribution in [-0.2, 0) is 11.3 Å². The molecule has 0 saturated carbocycles. The van der Waals surface area contributed by atoms with E-state index < -0.39 is 0 Å². The minimum absolute atomic E-state index is 0.285. The summed E-state index contributed by atoms with van der Waals surface area (Å²) in [6.07, 6.45) is 0. The third-order valence-corrected chi connectivity index (χ3v) is 4.36. The number of ether oxygens (including phenoxy) is 1. The second-order valence-electron chi connectivity index (χ2n) is 4.82. The lowest BCUT2D eigenvalue weighted by atomic mass is 10.1. The van der Waals surface area contributed by atoms with E-state index in [9.17, 15) is 4.79 Å². The van der Waals surface area contributed by atoms with Gasteiger partial charge in [-0.05, 0) is 17.7 Å². The highest BCUT2D eigenvalue weighted by Gasteiger charge is 2.09. The zero-order chi connectivity index (χ0) is 14.2. The third kappa shape index (κ3) is 4.81. The summed E-state index contributed by atoms with van der Waals surface area (Å²) in [5.41, 5.74) is 1.79. The van der Waals surface area contributed by atoms with Gasteiger partial charge in [-0.1, -0.05) is 12.1 Å². The normalized spacial score (nSPS) is 16.1. The van der Waals surface area contributed by atoms with Gasteiger partial charge in [0, 0.05) is 44.2 Å². The van der Waals surface area contributed by atoms with Gasteiger partial charge in [0.1, 0.15) is 0 Å². The first-order valence-electron chi connectivity index (χ1n) is 6.97. The molecule has 1 aromatic rings. The molecule has 1 saturated heterocycles. The van der Waals surface area contributed by atoms with Crippen LogP contribution in [0, 0.1) is 0 Å². The molecular weight excluding hydrogens is 272 g/mol. The lowest BCUT2D eigenvalue weighted by Gasteiger charge is -2.26. The molecule has 1 aliphatic rings. The number of carbonyl (C=O) groups is 1. The van der Waals surface area contributed by atoms with Gasteiger partial charge < -0.3 is 15.0 Å². The predicted octanol–water partition coefficient (Wildman–Crippen LogP) is 1.61. The summed E-state index contributed by atoms with van der Waals surface area (Å²) in [6.45, 7) is 5.37. The molecule has 0 atom stereocenters. The summed E-state index contributed by atoms with van der Waals surface area (Å²) in [5.74, 6) is 2.23. The van der Waals surface area contributed by atoms with Crippen LogP contribution in [0.5, 0.6) is 0 Å². The van der Waals surface area contributed by atoms with Crippen molar-refractivity contribution < 1.29 is 9.53 Å². The van der Waals surface area contributed by atoms with Gasteiger partial charge in [0.25, 0.3) is 0 Å². The Hall–Kier alpha value is -1.04. The highest BCUT2D eigenvalue weighted by Crippen LogP contribution is 2.08. The SMILES string of the molecule is COC(=O)c1ccc(CNCCN2CCSCC2)cc1. The lowest BCUT2D eigenvalue weighted by Crippen LogP contribution is -2.37. The average molecular weight is 294 g/mol. The standard InChI is InChI=1S/C15H22N2O2S/c1-19-15(18)14-4-2-13(3-5-14)12-16-6-7-17-8-10-20-11-9-17/h2-5,16H,6-12H2,1H3. The van der Waals surface area contributed by atoms with E-state index in [0.717, 1.165) is 19.6 Å². The Balaban J connectivity index is 1.67. The van der Waals surface area contributed by atoms with Crippen molar-refractivity contribution in [3.8, 4) is 0 Å². The Morgan fingerprint density at radius 1 is 1.30 bits per heavy atom. The van der Waals surface area contributed by atoms with Gasteiger partial charge in [-0.15, -0.1) is 0 Å². The van der Waals surface area contributed by atoms with E-state index in [-0.39, 0.29) is 5.97 Å². The molecule has 4 nitrogen and oxygen atoms in total. The summed E-state index contributed by atoms with van der Waals surface area (Å²) < 4.78 is 4.68. The van der Waals surface area contributed by atoms with Crippen LogP contribution in [0.2, 0.25) is 0 Å². The van der Waals surface area contributed by atoms with Crippen molar-refractivity contribution in [2.75, 3.05) is 44.8 Å². The molecule has 1 aromatic carbocycles. The van der Waals surface area contributed by atoms with E-state index in [1.807, 2.05) is 36.0 Å². The largest absolute Gasteiger partial charge is 0.465 e. The highest BCUT2D eigenvalue weighted by atomic mass is 32.2. The Kier molecular flexibility index (Phi) is 6.36. The maximum Gasteiger partial charge on any atom is 0.337 e. The Bertz CT molecular complexity index is 416. The van der Waals surface area contributed by atoms with Gasteiger partial charge in [0.05, 0.1) is 12.7 Å². The van der Waals surface area contributed by atoms with Crippen molar-refractivity contribution in [1.29, 1.82) is 0 Å². The van der Waals surface area contributed by atoms with Crippen molar-refractivity contribution >= 4 is 17.7 Å². The molecule has 5 heteroatoms. The van der Waals surface area contributed by atoms with Gasteiger partial charge in [-0.25, -0.2) is 4.79 Å². The van der Waals surface area contributed by atoms with Crippen LogP contribution in [0.15, 0.2) is 24.3 Å². The minimum atomic E-state index is -0.285. The molecular formula is C15H22N2O2S. The van der Waals surface area contributed by atoms with Crippen LogP contribution in [0.3, 0.4) is 0 Å². The lowest BCUT2D eigenvalue weighted by molar-refractivity contribution is 0.0600. The molecule has 1 heterocycles. The Morgan fingerprint density at radius 2 is 2.00 bits per heavy atom. The number of rotatable bonds is 6. The van der Waals surface area contributed by atoms with Crippen LogP contribution in [-0.4, -0.2) is 55.7 Å². The quantitative estimate of drug-likeness (QED) is 0.638. The van der Waals surface area contributed by atoms with Crippen LogP contribution in [0.25, 0.3) is 0 Å². The third-order valence-electron chi connectivity index (χ3n) is 3.41. The van der Waals surface area contributed by atoms with Crippen LogP contribution >= 0.6 is 11.8 Å². The number of benzene rings is 1. The summed E-state index contributed by atoms with van der Waals surface area (Å²) in [6, 6.07) is 7.56. The van der Waals surface area contributed by atoms with Crippen LogP contribution in [0.4, 0.5) is 0 Å². The number of methoxy groups -OCH3 is 1. The summed E-state index contributed by atoms with van der Waals surface area (Å²) in [5, 5.41) is 3.45. The molecule has 0 unspecified atom stereocenters. The van der Waals surface area contributed by atoms with Gasteiger partial charge in [0.15, 0.2) is 0 Å². The van der Waals surface area contributed by atoms with Gasteiger partial charge >= 0.3 is 5.97 Å². The molecule has 2 rings (SSSR count). The molecule has 0 aliphatic carbocycles. The van der Waals surface area contributed by atoms with Crippen molar-refractivity contribution in [1.82, 2.24) is 10.2 Å². The van der Waals surface area contributed by atoms with E-state index in [1.54, 1.807) is 0 Å². The van der Waals surface area contributed by atoms with Crippen molar-refractivity contribution in [2.24, 2.45) is 0 Å². The summed E-state index contributed by atoms with van der Waals surface area (Å²) in [4.78, 5) is 13.8. The van der Waals surface area contributed by atoms with Gasteiger partial charge in [-0.2, -0.15) is 11.8 Å². The maximum atomic E-state index is 11.3. The fourth-order valence-electron chi connectivity index (χ4n) is 2.17. The second-order valence-corrected chi connectivity index (χ2v) is 6.04. The summed E-state index contributed by atoms with van der Waals surface area (Å²) >= 11 is 2.04. The van der Waals surface area contributed by atoms with E-state index in [2.05, 4.69) is 15.0 Å². The number of nitrogens with one attached hydrogen (secondary N) is 1. The molecule has 20 heavy (non-hydrogen) atoms. The average Bonchev–Trinajstić information content (AvgIpc) is 2.52. The van der Waals surface area contributed by atoms with Crippen LogP contribution < -0.4 is 5.32 Å². The number of hydrogen-bond acceptors (Lipinski definition) is 5. The van der Waals surface area contributed by atoms with Crippen molar-refractivity contribution in [2.45, 2.75) is 6.54 Å². The number of carbonyl (C=O) groups excluding carboxylic acids is 1. The second kappa shape index (κ2) is 8.29. The maximum absolute atomic E-state index is 11.3. The first-order chi connectivity index (χ1) is 9.79. The predicted molar refractivity (Wildman–Crippen MR) is 83.3 cm³/mol. The van der Waals surface area contributed by atoms with E-state index in [0.29, 0.717) is 5.56 Å². The first-order valence-corrected chi connectivity index (χ1v) is 8.13. The fourth-order valence-corrected chi connectivity index (χ4v) is 3.15. The smallest absolute Gasteiger partial charge is 0.337 e. The van der Waals surface area contributed by atoms with Gasteiger partial charge in [-0.3, -0.25) is 0 Å². The monoisotopic (exact) mass is 294 g/mol. The van der Waals surface area contributed by atoms with E-state index >= 15 is 0 Å². The van der Waals surface area contributed by atoms with E-state index in [4.69, 9.17) is 0 Å². The van der Waals surface area contributed by atoms with Crippen LogP contribution in [0.1, 0.15) is 15.9 Å². The molecule has 0 spiro atoms. The number of hydrogen-bond donors (Lipinski definition) is 1. The molecule has 0 bridgehead atoms. The molecule has 110 valence electrons. The summed E-state index contributed by atoms with van der Waals surface area (Å²) in [7, 11) is 1.40. The molecule has 0 aromatic heterocycles. The number of esters is 1. The zero-order valence-corrected chi connectivity index (χ0v) is 12.7.